The van der Waals surface area contributed by atoms with Crippen molar-refractivity contribution in [2.24, 2.45) is 4.99 Å². The van der Waals surface area contributed by atoms with Crippen LogP contribution in [0, 0.1) is 0 Å². The largest absolute Gasteiger partial charge is 0.497 e. The average Bonchev–Trinajstić information content (AvgIpc) is 2.73. The van der Waals surface area contributed by atoms with Crippen molar-refractivity contribution >= 4 is 11.9 Å². The number of amides is 1. The molecule has 0 heterocycles. The van der Waals surface area contributed by atoms with Gasteiger partial charge in [0.05, 0.1) is 13.7 Å². The number of benzene rings is 2. The van der Waals surface area contributed by atoms with Gasteiger partial charge in [0.2, 0.25) is 5.91 Å². The van der Waals surface area contributed by atoms with Crippen molar-refractivity contribution in [2.45, 2.75) is 19.7 Å². The summed E-state index contributed by atoms with van der Waals surface area (Å²) in [4.78, 5) is 16.0. The SMILES string of the molecule is CN=C(NCC(=O)NCc1ccc(OC)cc1)NCc1ccccc1OC(F)F. The summed E-state index contributed by atoms with van der Waals surface area (Å²) in [5, 5.41) is 8.63. The molecule has 0 aliphatic heterocycles. The van der Waals surface area contributed by atoms with E-state index in [1.165, 1.54) is 6.07 Å². The van der Waals surface area contributed by atoms with E-state index in [1.54, 1.807) is 32.4 Å². The van der Waals surface area contributed by atoms with Crippen LogP contribution in [0.15, 0.2) is 53.5 Å². The van der Waals surface area contributed by atoms with E-state index in [0.717, 1.165) is 11.3 Å². The Morgan fingerprint density at radius 3 is 2.41 bits per heavy atom. The molecule has 1 amide bonds. The number of guanidine groups is 1. The number of hydrogen-bond donors (Lipinski definition) is 3. The molecule has 3 N–H and O–H groups in total. The van der Waals surface area contributed by atoms with Crippen LogP contribution in [0.3, 0.4) is 0 Å². The van der Waals surface area contributed by atoms with Crippen LogP contribution in [0.4, 0.5) is 8.78 Å². The molecule has 0 saturated heterocycles. The number of rotatable bonds is 9. The molecule has 156 valence electrons. The minimum Gasteiger partial charge on any atom is -0.497 e. The van der Waals surface area contributed by atoms with Crippen LogP contribution < -0.4 is 25.4 Å². The molecule has 2 rings (SSSR count). The molecule has 0 spiro atoms. The molecular formula is C20H24F2N4O3. The zero-order chi connectivity index (χ0) is 21.1. The summed E-state index contributed by atoms with van der Waals surface area (Å²) in [6.45, 7) is -2.31. The number of nitrogens with zero attached hydrogens (tertiary/aromatic N) is 1. The summed E-state index contributed by atoms with van der Waals surface area (Å²) in [6.07, 6.45) is 0. The van der Waals surface area contributed by atoms with Crippen molar-refractivity contribution < 1.29 is 23.0 Å². The molecule has 2 aromatic rings. The summed E-state index contributed by atoms with van der Waals surface area (Å²) in [5.74, 6) is 0.974. The number of carbonyl (C=O) groups excluding carboxylic acids is 1. The van der Waals surface area contributed by atoms with Crippen molar-refractivity contribution in [2.75, 3.05) is 20.7 Å². The second-order valence-corrected chi connectivity index (χ2v) is 5.89. The summed E-state index contributed by atoms with van der Waals surface area (Å²) in [5.41, 5.74) is 1.48. The van der Waals surface area contributed by atoms with Gasteiger partial charge >= 0.3 is 6.61 Å². The lowest BCUT2D eigenvalue weighted by Crippen LogP contribution is -2.42. The molecule has 9 heteroatoms. The van der Waals surface area contributed by atoms with Crippen molar-refractivity contribution in [1.82, 2.24) is 16.0 Å². The first kappa shape index (κ1) is 21.9. The molecule has 7 nitrogen and oxygen atoms in total. The van der Waals surface area contributed by atoms with Gasteiger partial charge in [0, 0.05) is 25.7 Å². The molecule has 0 fully saturated rings. The fraction of sp³-hybridized carbons (Fsp3) is 0.300. The van der Waals surface area contributed by atoms with E-state index in [4.69, 9.17) is 4.74 Å². The van der Waals surface area contributed by atoms with E-state index in [2.05, 4.69) is 25.7 Å². The van der Waals surface area contributed by atoms with Crippen molar-refractivity contribution in [3.63, 3.8) is 0 Å². The van der Waals surface area contributed by atoms with Gasteiger partial charge in [-0.1, -0.05) is 30.3 Å². The van der Waals surface area contributed by atoms with Crippen LogP contribution in [0.2, 0.25) is 0 Å². The number of carbonyl (C=O) groups is 1. The highest BCUT2D eigenvalue weighted by Gasteiger charge is 2.10. The van der Waals surface area contributed by atoms with Crippen molar-refractivity contribution in [3.05, 3.63) is 59.7 Å². The fourth-order valence-electron chi connectivity index (χ4n) is 2.43. The molecule has 0 aromatic heterocycles. The van der Waals surface area contributed by atoms with Crippen LogP contribution >= 0.6 is 0 Å². The van der Waals surface area contributed by atoms with Gasteiger partial charge in [-0.15, -0.1) is 0 Å². The highest BCUT2D eigenvalue weighted by molar-refractivity contribution is 5.86. The molecule has 2 aromatic carbocycles. The van der Waals surface area contributed by atoms with Gasteiger partial charge in [-0.25, -0.2) is 0 Å². The number of halogens is 2. The number of methoxy groups -OCH3 is 1. The van der Waals surface area contributed by atoms with Crippen LogP contribution in [-0.4, -0.2) is 39.2 Å². The Kier molecular flexibility index (Phi) is 8.68. The van der Waals surface area contributed by atoms with Crippen LogP contribution in [0.1, 0.15) is 11.1 Å². The Labute approximate surface area is 168 Å². The standard InChI is InChI=1S/C20H24F2N4O3/c1-23-20(25-12-15-5-3-4-6-17(15)29-19(21)22)26-13-18(27)24-11-14-7-9-16(28-2)10-8-14/h3-10,19H,11-13H2,1-2H3,(H,24,27)(H2,23,25,26). The Morgan fingerprint density at radius 1 is 1.03 bits per heavy atom. The van der Waals surface area contributed by atoms with E-state index in [1.807, 2.05) is 24.3 Å². The van der Waals surface area contributed by atoms with Crippen LogP contribution in [0.25, 0.3) is 0 Å². The molecule has 0 bridgehead atoms. The molecule has 0 radical (unpaired) electrons. The quantitative estimate of drug-likeness (QED) is 0.440. The molecule has 0 saturated carbocycles. The van der Waals surface area contributed by atoms with Gasteiger partial charge < -0.3 is 25.4 Å². The third kappa shape index (κ3) is 7.65. The third-order valence-corrected chi connectivity index (χ3v) is 3.92. The van der Waals surface area contributed by atoms with E-state index in [9.17, 15) is 13.6 Å². The number of ether oxygens (including phenoxy) is 2. The Hall–Kier alpha value is -3.36. The molecule has 0 atom stereocenters. The molecule has 29 heavy (non-hydrogen) atoms. The average molecular weight is 406 g/mol. The number of alkyl halides is 2. The third-order valence-electron chi connectivity index (χ3n) is 3.92. The lowest BCUT2D eigenvalue weighted by molar-refractivity contribution is -0.120. The summed E-state index contributed by atoms with van der Waals surface area (Å²) < 4.78 is 34.5. The lowest BCUT2D eigenvalue weighted by atomic mass is 10.2. The molecule has 0 aliphatic carbocycles. The first-order valence-corrected chi connectivity index (χ1v) is 8.88. The van der Waals surface area contributed by atoms with Gasteiger partial charge in [-0.2, -0.15) is 8.78 Å². The van der Waals surface area contributed by atoms with E-state index < -0.39 is 6.61 Å². The number of aliphatic imine (C=N–C) groups is 1. The maximum Gasteiger partial charge on any atom is 0.387 e. The monoisotopic (exact) mass is 406 g/mol. The lowest BCUT2D eigenvalue weighted by Gasteiger charge is -2.14. The first-order chi connectivity index (χ1) is 14.0. The van der Waals surface area contributed by atoms with E-state index >= 15 is 0 Å². The van der Waals surface area contributed by atoms with Crippen molar-refractivity contribution in [1.29, 1.82) is 0 Å². The summed E-state index contributed by atoms with van der Waals surface area (Å²) >= 11 is 0. The normalized spacial score (nSPS) is 11.1. The molecular weight excluding hydrogens is 382 g/mol. The number of nitrogens with one attached hydrogen (secondary N) is 3. The van der Waals surface area contributed by atoms with Gasteiger partial charge in [-0.05, 0) is 23.8 Å². The summed E-state index contributed by atoms with van der Waals surface area (Å²) in [7, 11) is 3.14. The van der Waals surface area contributed by atoms with Crippen molar-refractivity contribution in [3.8, 4) is 11.5 Å². The van der Waals surface area contributed by atoms with Crippen LogP contribution in [-0.2, 0) is 17.9 Å². The van der Waals surface area contributed by atoms with Gasteiger partial charge in [0.1, 0.15) is 11.5 Å². The Morgan fingerprint density at radius 2 is 1.76 bits per heavy atom. The molecule has 0 unspecified atom stereocenters. The highest BCUT2D eigenvalue weighted by atomic mass is 19.3. The maximum absolute atomic E-state index is 12.5. The smallest absolute Gasteiger partial charge is 0.387 e. The first-order valence-electron chi connectivity index (χ1n) is 8.88. The minimum atomic E-state index is -2.90. The second-order valence-electron chi connectivity index (χ2n) is 5.89. The van der Waals surface area contributed by atoms with E-state index in [-0.39, 0.29) is 24.7 Å². The topological polar surface area (TPSA) is 84.0 Å². The zero-order valence-electron chi connectivity index (χ0n) is 16.2. The predicted octanol–water partition coefficient (Wildman–Crippen LogP) is 2.28. The second kappa shape index (κ2) is 11.5. The maximum atomic E-state index is 12.5. The Bertz CT molecular complexity index is 814. The fourth-order valence-corrected chi connectivity index (χ4v) is 2.43. The Balaban J connectivity index is 1.77. The molecule has 0 aliphatic rings. The van der Waals surface area contributed by atoms with Gasteiger partial charge in [0.15, 0.2) is 5.96 Å². The van der Waals surface area contributed by atoms with E-state index in [0.29, 0.717) is 18.1 Å². The summed E-state index contributed by atoms with van der Waals surface area (Å²) in [6, 6.07) is 13.8. The minimum absolute atomic E-state index is 0.00497. The van der Waals surface area contributed by atoms with Crippen LogP contribution in [0.5, 0.6) is 11.5 Å². The zero-order valence-corrected chi connectivity index (χ0v) is 16.2. The number of hydrogen-bond acceptors (Lipinski definition) is 4. The predicted molar refractivity (Wildman–Crippen MR) is 106 cm³/mol. The number of para-hydroxylation sites is 1. The highest BCUT2D eigenvalue weighted by Crippen LogP contribution is 2.19. The van der Waals surface area contributed by atoms with Gasteiger partial charge in [-0.3, -0.25) is 9.79 Å². The van der Waals surface area contributed by atoms with Gasteiger partial charge in [0.25, 0.3) is 0 Å².